The summed E-state index contributed by atoms with van der Waals surface area (Å²) in [6.07, 6.45) is 1.02. The number of amides is 1. The Morgan fingerprint density at radius 2 is 1.60 bits per heavy atom. The zero-order valence-corrected chi connectivity index (χ0v) is 21.1. The molecule has 5 rings (SSSR count). The van der Waals surface area contributed by atoms with Gasteiger partial charge < -0.3 is 9.80 Å². The van der Waals surface area contributed by atoms with E-state index in [0.29, 0.717) is 55.6 Å². The van der Waals surface area contributed by atoms with Crippen molar-refractivity contribution in [3.63, 3.8) is 0 Å². The highest BCUT2D eigenvalue weighted by atomic mass is 32.2. The predicted octanol–water partition coefficient (Wildman–Crippen LogP) is 2.64. The lowest BCUT2D eigenvalue weighted by Crippen LogP contribution is -2.52. The molecule has 0 aliphatic carbocycles. The van der Waals surface area contributed by atoms with Crippen LogP contribution in [-0.4, -0.2) is 77.3 Å². The molecule has 0 spiro atoms. The number of hydrogen-bond donors (Lipinski definition) is 0. The molecule has 2 aromatic carbocycles. The molecule has 1 aromatic heterocycles. The molecular weight excluding hydrogens is 486 g/mol. The number of carbonyl (C=O) groups is 2. The van der Waals surface area contributed by atoms with E-state index in [0.717, 1.165) is 30.5 Å². The molecule has 2 aliphatic heterocycles. The second kappa shape index (κ2) is 9.63. The van der Waals surface area contributed by atoms with Crippen LogP contribution in [0.2, 0.25) is 0 Å². The summed E-state index contributed by atoms with van der Waals surface area (Å²) < 4.78 is 36.3. The lowest BCUT2D eigenvalue weighted by atomic mass is 9.96. The van der Waals surface area contributed by atoms with Gasteiger partial charge in [-0.2, -0.15) is 13.1 Å². The first kappa shape index (κ1) is 23.8. The molecule has 35 heavy (non-hydrogen) atoms. The zero-order valence-electron chi connectivity index (χ0n) is 19.5. The van der Waals surface area contributed by atoms with Crippen LogP contribution in [0.25, 0.3) is 11.0 Å². The molecule has 184 valence electrons. The van der Waals surface area contributed by atoms with E-state index in [9.17, 15) is 18.0 Å². The van der Waals surface area contributed by atoms with E-state index in [1.165, 1.54) is 4.31 Å². The van der Waals surface area contributed by atoms with Crippen molar-refractivity contribution in [1.29, 1.82) is 0 Å². The second-order valence-corrected chi connectivity index (χ2v) is 11.4. The lowest BCUT2D eigenvalue weighted by molar-refractivity contribution is -0.137. The molecule has 11 heteroatoms. The van der Waals surface area contributed by atoms with Gasteiger partial charge in [0, 0.05) is 56.4 Å². The fourth-order valence-electron chi connectivity index (χ4n) is 4.82. The van der Waals surface area contributed by atoms with Crippen molar-refractivity contribution in [2.45, 2.75) is 24.7 Å². The van der Waals surface area contributed by atoms with Gasteiger partial charge in [-0.05, 0) is 56.2 Å². The third-order valence-corrected chi connectivity index (χ3v) is 9.37. The topological polar surface area (TPSA) is 104 Å². The van der Waals surface area contributed by atoms with Crippen molar-refractivity contribution in [3.05, 3.63) is 48.0 Å². The predicted molar refractivity (Wildman–Crippen MR) is 134 cm³/mol. The van der Waals surface area contributed by atoms with Gasteiger partial charge in [0.25, 0.3) is 0 Å². The Hall–Kier alpha value is -2.89. The Balaban J connectivity index is 1.17. The van der Waals surface area contributed by atoms with Crippen molar-refractivity contribution in [2.75, 3.05) is 44.2 Å². The Bertz CT molecular complexity index is 1340. The first-order chi connectivity index (χ1) is 16.8. The summed E-state index contributed by atoms with van der Waals surface area (Å²) in [5, 5.41) is 0. The van der Waals surface area contributed by atoms with Crippen molar-refractivity contribution in [3.8, 4) is 0 Å². The number of ketones is 1. The van der Waals surface area contributed by atoms with Gasteiger partial charge >= 0.3 is 0 Å². The molecule has 2 saturated heterocycles. The molecule has 3 aromatic rings. The highest BCUT2D eigenvalue weighted by molar-refractivity contribution is 7.89. The normalized spacial score (nSPS) is 18.2. The minimum Gasteiger partial charge on any atom is -0.368 e. The molecule has 3 heterocycles. The third-order valence-electron chi connectivity index (χ3n) is 6.90. The van der Waals surface area contributed by atoms with Gasteiger partial charge in [-0.1, -0.05) is 6.07 Å². The number of fused-ring (bicyclic) bond motifs is 1. The van der Waals surface area contributed by atoms with E-state index in [1.54, 1.807) is 25.1 Å². The number of sulfonamides is 1. The van der Waals surface area contributed by atoms with Crippen molar-refractivity contribution < 1.29 is 18.0 Å². The summed E-state index contributed by atoms with van der Waals surface area (Å²) in [6, 6.07) is 12.6. The SMILES string of the molecule is CC(=O)c1ccc(N2CCN(C(=O)C3CCN(S(=O)(=O)c4cccc5nsnc45)CC3)CC2)cc1. The molecule has 1 amide bonds. The minimum absolute atomic E-state index is 0.0445. The maximum Gasteiger partial charge on any atom is 0.245 e. The number of nitrogens with zero attached hydrogens (tertiary/aromatic N) is 5. The van der Waals surface area contributed by atoms with Gasteiger partial charge in [-0.3, -0.25) is 9.59 Å². The highest BCUT2D eigenvalue weighted by Gasteiger charge is 2.35. The highest BCUT2D eigenvalue weighted by Crippen LogP contribution is 2.29. The minimum atomic E-state index is -3.69. The number of Topliss-reactive ketones (excluding diaryl/α,β-unsaturated/α-hetero) is 1. The molecule has 0 unspecified atom stereocenters. The summed E-state index contributed by atoms with van der Waals surface area (Å²) >= 11 is 1.00. The third kappa shape index (κ3) is 4.67. The van der Waals surface area contributed by atoms with E-state index >= 15 is 0 Å². The molecule has 0 radical (unpaired) electrons. The number of rotatable bonds is 5. The van der Waals surface area contributed by atoms with Crippen LogP contribution in [0.5, 0.6) is 0 Å². The van der Waals surface area contributed by atoms with Gasteiger partial charge in [-0.25, -0.2) is 8.42 Å². The van der Waals surface area contributed by atoms with E-state index in [2.05, 4.69) is 13.6 Å². The fourth-order valence-corrected chi connectivity index (χ4v) is 7.04. The van der Waals surface area contributed by atoms with Gasteiger partial charge in [0.2, 0.25) is 15.9 Å². The molecule has 2 fully saturated rings. The number of anilines is 1. The van der Waals surface area contributed by atoms with Crippen LogP contribution in [0, 0.1) is 5.92 Å². The largest absolute Gasteiger partial charge is 0.368 e. The van der Waals surface area contributed by atoms with E-state index in [1.807, 2.05) is 29.2 Å². The van der Waals surface area contributed by atoms with Crippen LogP contribution >= 0.6 is 11.7 Å². The molecular formula is C24H27N5O4S2. The first-order valence-electron chi connectivity index (χ1n) is 11.7. The summed E-state index contributed by atoms with van der Waals surface area (Å²) in [7, 11) is -3.69. The van der Waals surface area contributed by atoms with Crippen LogP contribution in [0.4, 0.5) is 5.69 Å². The van der Waals surface area contributed by atoms with Crippen molar-refractivity contribution >= 4 is 50.2 Å². The average Bonchev–Trinajstić information content (AvgIpc) is 3.37. The Labute approximate surface area is 208 Å². The zero-order chi connectivity index (χ0) is 24.6. The number of aromatic nitrogens is 2. The lowest BCUT2D eigenvalue weighted by Gasteiger charge is -2.39. The van der Waals surface area contributed by atoms with Gasteiger partial charge in [0.1, 0.15) is 15.9 Å². The van der Waals surface area contributed by atoms with Crippen LogP contribution in [0.15, 0.2) is 47.4 Å². The van der Waals surface area contributed by atoms with Gasteiger partial charge in [0.15, 0.2) is 5.78 Å². The maximum absolute atomic E-state index is 13.2. The number of piperazine rings is 1. The monoisotopic (exact) mass is 513 g/mol. The molecule has 0 bridgehead atoms. The Morgan fingerprint density at radius 1 is 0.914 bits per heavy atom. The smallest absolute Gasteiger partial charge is 0.245 e. The fraction of sp³-hybridized carbons (Fsp3) is 0.417. The Kier molecular flexibility index (Phi) is 6.56. The van der Waals surface area contributed by atoms with E-state index < -0.39 is 10.0 Å². The van der Waals surface area contributed by atoms with Crippen molar-refractivity contribution in [1.82, 2.24) is 18.0 Å². The molecule has 0 N–H and O–H groups in total. The van der Waals surface area contributed by atoms with Gasteiger partial charge in [-0.15, -0.1) is 0 Å². The second-order valence-electron chi connectivity index (χ2n) is 8.98. The standard InChI is InChI=1S/C24H27N5O4S2/c1-17(30)18-5-7-20(8-6-18)27-13-15-28(16-14-27)24(31)19-9-11-29(12-10-19)35(32,33)22-4-2-3-21-23(22)26-34-25-21/h2-8,19H,9-16H2,1H3. The molecule has 0 atom stereocenters. The summed E-state index contributed by atoms with van der Waals surface area (Å²) in [5.74, 6) is -0.0120. The number of hydrogen-bond acceptors (Lipinski definition) is 8. The summed E-state index contributed by atoms with van der Waals surface area (Å²) in [6.45, 7) is 4.89. The average molecular weight is 514 g/mol. The number of carbonyl (C=O) groups excluding carboxylic acids is 2. The number of piperidine rings is 1. The molecule has 2 aliphatic rings. The van der Waals surface area contributed by atoms with Crippen LogP contribution in [0.3, 0.4) is 0 Å². The summed E-state index contributed by atoms with van der Waals surface area (Å²) in [5.41, 5.74) is 2.72. The molecule has 9 nitrogen and oxygen atoms in total. The van der Waals surface area contributed by atoms with Crippen LogP contribution in [0.1, 0.15) is 30.1 Å². The van der Waals surface area contributed by atoms with Gasteiger partial charge in [0.05, 0.1) is 11.7 Å². The Morgan fingerprint density at radius 3 is 2.26 bits per heavy atom. The van der Waals surface area contributed by atoms with E-state index in [4.69, 9.17) is 0 Å². The van der Waals surface area contributed by atoms with Crippen LogP contribution in [-0.2, 0) is 14.8 Å². The molecule has 0 saturated carbocycles. The van der Waals surface area contributed by atoms with E-state index in [-0.39, 0.29) is 22.5 Å². The maximum atomic E-state index is 13.2. The quantitative estimate of drug-likeness (QED) is 0.483. The van der Waals surface area contributed by atoms with Crippen molar-refractivity contribution in [2.24, 2.45) is 5.92 Å². The first-order valence-corrected chi connectivity index (χ1v) is 13.9. The van der Waals surface area contributed by atoms with Crippen LogP contribution < -0.4 is 4.90 Å². The summed E-state index contributed by atoms with van der Waals surface area (Å²) in [4.78, 5) is 29.0. The number of benzene rings is 2.